The summed E-state index contributed by atoms with van der Waals surface area (Å²) in [4.78, 5) is 0. The van der Waals surface area contributed by atoms with Crippen molar-refractivity contribution in [2.45, 2.75) is 210 Å². The smallest absolute Gasteiger partial charge is 0.254 e. The molecule has 0 N–H and O–H groups in total. The Morgan fingerprint density at radius 3 is 1.39 bits per heavy atom. The van der Waals surface area contributed by atoms with Gasteiger partial charge in [0, 0.05) is 21.7 Å². The van der Waals surface area contributed by atoms with E-state index in [0.717, 1.165) is 83.5 Å². The van der Waals surface area contributed by atoms with Crippen molar-refractivity contribution in [2.24, 2.45) is 0 Å². The molecule has 0 saturated heterocycles. The molecule has 3 rings (SSSR count). The van der Waals surface area contributed by atoms with Crippen molar-refractivity contribution >= 4 is 30.3 Å². The van der Waals surface area contributed by atoms with Gasteiger partial charge in [-0.2, -0.15) is 4.39 Å². The monoisotopic (exact) mass is 776 g/mol. The highest BCUT2D eigenvalue weighted by molar-refractivity contribution is 6.79. The first kappa shape index (κ1) is 44.4. The summed E-state index contributed by atoms with van der Waals surface area (Å²) in [6.45, 7) is 14.3. The molecule has 0 spiro atoms. The van der Waals surface area contributed by atoms with Crippen LogP contribution in [0.15, 0.2) is 5.83 Å². The molecule has 1 saturated carbocycles. The van der Waals surface area contributed by atoms with Crippen molar-refractivity contribution < 1.29 is 30.8 Å². The maximum absolute atomic E-state index is 16.0. The van der Waals surface area contributed by atoms with Crippen LogP contribution < -0.4 is 4.43 Å². The molecule has 0 amide bonds. The Morgan fingerprint density at radius 2 is 0.961 bits per heavy atom. The number of allylic oxidation sites excluding steroid dienone is 1. The van der Waals surface area contributed by atoms with E-state index < -0.39 is 76.6 Å². The zero-order chi connectivity index (χ0) is 37.7. The third kappa shape index (κ3) is 11.7. The number of benzene rings is 1. The van der Waals surface area contributed by atoms with E-state index in [9.17, 15) is 13.2 Å². The molecule has 294 valence electrons. The first-order valence-electron chi connectivity index (χ1n) is 20.9. The quantitative estimate of drug-likeness (QED) is 0.0416. The van der Waals surface area contributed by atoms with Crippen LogP contribution in [0, 0.1) is 17.5 Å². The third-order valence-electron chi connectivity index (χ3n) is 13.6. The summed E-state index contributed by atoms with van der Waals surface area (Å²) in [5.41, 5.74) is -2.25. The molecule has 0 radical (unpaired) electrons. The molecule has 1 nitrogen and oxygen atoms in total. The second-order valence-corrected chi connectivity index (χ2v) is 32.1. The maximum Gasteiger partial charge on any atom is 0.254 e. The maximum atomic E-state index is 16.0. The number of fused-ring (bicyclic) bond motifs is 1. The van der Waals surface area contributed by atoms with E-state index in [1.807, 2.05) is 0 Å². The molecule has 1 aromatic carbocycles. The number of hydrogen-bond acceptors (Lipinski definition) is 1. The van der Waals surface area contributed by atoms with Crippen LogP contribution in [0.5, 0.6) is 5.75 Å². The third-order valence-corrected chi connectivity index (χ3v) is 28.6. The highest BCUT2D eigenvalue weighted by Gasteiger charge is 2.48. The number of unbranched alkanes of at least 4 members (excludes halogenated alkanes) is 10. The summed E-state index contributed by atoms with van der Waals surface area (Å²) in [5, 5.41) is 0. The van der Waals surface area contributed by atoms with Gasteiger partial charge in [-0.1, -0.05) is 173 Å². The lowest BCUT2D eigenvalue weighted by Crippen LogP contribution is -2.48. The summed E-state index contributed by atoms with van der Waals surface area (Å²) in [6.07, 6.45) is 15.3. The first-order valence-corrected chi connectivity index (χ1v) is 29.6. The molecule has 1 aromatic rings. The van der Waals surface area contributed by atoms with E-state index in [-0.39, 0.29) is 5.54 Å². The lowest BCUT2D eigenvalue weighted by Gasteiger charge is -2.41. The Labute approximate surface area is 310 Å². The van der Waals surface area contributed by atoms with Crippen LogP contribution in [0.1, 0.15) is 154 Å². The van der Waals surface area contributed by atoms with Gasteiger partial charge in [-0.15, -0.1) is 0 Å². The second kappa shape index (κ2) is 21.2. The second-order valence-electron chi connectivity index (χ2n) is 16.9. The number of halogens is 6. The summed E-state index contributed by atoms with van der Waals surface area (Å²) < 4.78 is 97.0. The molecule has 1 unspecified atom stereocenters. The molecule has 1 atom stereocenters. The summed E-state index contributed by atoms with van der Waals surface area (Å²) in [6, 6.07) is 9.47. The van der Waals surface area contributed by atoms with E-state index in [1.165, 1.54) is 61.9 Å². The van der Waals surface area contributed by atoms with Crippen LogP contribution in [-0.4, -0.2) is 24.5 Å². The minimum Gasteiger partial charge on any atom is -0.539 e. The van der Waals surface area contributed by atoms with E-state index in [4.69, 9.17) is 4.43 Å². The molecule has 0 aliphatic heterocycles. The van der Waals surface area contributed by atoms with Crippen LogP contribution in [0.3, 0.4) is 0 Å². The highest BCUT2D eigenvalue weighted by Crippen LogP contribution is 2.51. The van der Waals surface area contributed by atoms with Gasteiger partial charge in [0.05, 0.1) is 5.56 Å². The average Bonchev–Trinajstić information content (AvgIpc) is 3.38. The standard InChI is InChI=1S/C41H70F6OSi3/c1-7-49(5,8-2)28-22-15-11-13-17-24-30-51(32-26-20-19-21-27-32,31-25-18-14-12-16-23-29-50(6,9-3)10-4)48-41-38(45)34-33(37(44)40(41)47)35(42)39(46)36(34)43/h32,35H,7-31H2,1-6H3. The molecule has 0 bridgehead atoms. The fourth-order valence-corrected chi connectivity index (χ4v) is 18.5. The van der Waals surface area contributed by atoms with Gasteiger partial charge in [0.1, 0.15) is 0 Å². The number of rotatable bonds is 25. The van der Waals surface area contributed by atoms with Crippen molar-refractivity contribution in [1.82, 2.24) is 0 Å². The van der Waals surface area contributed by atoms with Crippen molar-refractivity contribution in [3.05, 3.63) is 34.4 Å². The Kier molecular flexibility index (Phi) is 18.4. The molecule has 1 fully saturated rings. The lowest BCUT2D eigenvalue weighted by atomic mass is 10.0. The Bertz CT molecular complexity index is 1210. The predicted octanol–water partition coefficient (Wildman–Crippen LogP) is 16.3. The van der Waals surface area contributed by atoms with Gasteiger partial charge in [-0.25, -0.2) is 22.0 Å². The Balaban J connectivity index is 1.77. The van der Waals surface area contributed by atoms with Gasteiger partial charge in [0.15, 0.2) is 35.2 Å². The Hall–Kier alpha value is -1.01. The van der Waals surface area contributed by atoms with Gasteiger partial charge >= 0.3 is 0 Å². The summed E-state index contributed by atoms with van der Waals surface area (Å²) in [5.74, 6) is -9.59. The van der Waals surface area contributed by atoms with Crippen molar-refractivity contribution in [2.75, 3.05) is 0 Å². The molecule has 0 aromatic heterocycles. The van der Waals surface area contributed by atoms with Gasteiger partial charge < -0.3 is 4.43 Å². The molecule has 10 heteroatoms. The van der Waals surface area contributed by atoms with Crippen LogP contribution in [0.4, 0.5) is 26.3 Å². The van der Waals surface area contributed by atoms with Crippen LogP contribution in [0.25, 0.3) is 5.83 Å². The minimum absolute atomic E-state index is 0.142. The van der Waals surface area contributed by atoms with Gasteiger partial charge in [-0.05, 0) is 30.5 Å². The highest BCUT2D eigenvalue weighted by atomic mass is 28.4. The first-order chi connectivity index (χ1) is 24.3. The molecule has 2 aliphatic carbocycles. The van der Waals surface area contributed by atoms with Crippen LogP contribution in [-0.2, 0) is 0 Å². The van der Waals surface area contributed by atoms with E-state index in [1.54, 1.807) is 0 Å². The van der Waals surface area contributed by atoms with Crippen LogP contribution >= 0.6 is 0 Å². The fourth-order valence-electron chi connectivity index (χ4n) is 8.68. The lowest BCUT2D eigenvalue weighted by molar-refractivity contribution is 0.322. The minimum atomic E-state index is -2.99. The summed E-state index contributed by atoms with van der Waals surface area (Å²) >= 11 is 0. The normalized spacial score (nSPS) is 17.5. The molecular formula is C41H70F6OSi3. The van der Waals surface area contributed by atoms with Crippen molar-refractivity contribution in [3.8, 4) is 5.75 Å². The van der Waals surface area contributed by atoms with Gasteiger partial charge in [-0.3, -0.25) is 0 Å². The summed E-state index contributed by atoms with van der Waals surface area (Å²) in [7, 11) is -5.17. The van der Waals surface area contributed by atoms with Gasteiger partial charge in [0.25, 0.3) is 8.32 Å². The molecular weight excluding hydrogens is 707 g/mol. The van der Waals surface area contributed by atoms with Crippen LogP contribution in [0.2, 0.25) is 67.0 Å². The SMILES string of the molecule is CC[Si](C)(CC)CCCCCCCC[Si](CCCCCCCC[Si](C)(CC)CC)(Oc1c(F)c(F)c2c(c1F)C(F)=C(F)C2F)C1CCCCC1. The molecule has 51 heavy (non-hydrogen) atoms. The Morgan fingerprint density at radius 1 is 0.549 bits per heavy atom. The predicted molar refractivity (Wildman–Crippen MR) is 212 cm³/mol. The fraction of sp³-hybridized carbons (Fsp3) is 0.805. The largest absolute Gasteiger partial charge is 0.539 e. The van der Waals surface area contributed by atoms with E-state index >= 15 is 13.2 Å². The van der Waals surface area contributed by atoms with E-state index in [0.29, 0.717) is 12.1 Å². The number of alkyl halides is 1. The average molecular weight is 777 g/mol. The van der Waals surface area contributed by atoms with Gasteiger partial charge in [0.2, 0.25) is 5.82 Å². The van der Waals surface area contributed by atoms with Crippen molar-refractivity contribution in [3.63, 3.8) is 0 Å². The topological polar surface area (TPSA) is 9.23 Å². The zero-order valence-electron chi connectivity index (χ0n) is 33.0. The molecule has 2 aliphatic rings. The molecule has 0 heterocycles. The van der Waals surface area contributed by atoms with Crippen molar-refractivity contribution in [1.29, 1.82) is 0 Å². The number of hydrogen-bond donors (Lipinski definition) is 0. The van der Waals surface area contributed by atoms with E-state index in [2.05, 4.69) is 40.8 Å². The zero-order valence-corrected chi connectivity index (χ0v) is 36.0.